The first-order valence-corrected chi connectivity index (χ1v) is 7.93. The Kier molecular flexibility index (Phi) is 8.34. The molecule has 0 unspecified atom stereocenters. The topological polar surface area (TPSA) is 23.5 Å². The first-order chi connectivity index (χ1) is 7.86. The van der Waals surface area contributed by atoms with Crippen LogP contribution in [0.2, 0.25) is 0 Å². The maximum atomic E-state index is 8.92. The summed E-state index contributed by atoms with van der Waals surface area (Å²) in [6.45, 7) is 6.47. The van der Waals surface area contributed by atoms with Gasteiger partial charge in [-0.2, -0.15) is 11.8 Å². The van der Waals surface area contributed by atoms with Crippen LogP contribution < -0.4 is 0 Å². The van der Waals surface area contributed by atoms with Crippen LogP contribution in [0.1, 0.15) is 39.0 Å². The van der Waals surface area contributed by atoms with Gasteiger partial charge in [-0.15, -0.1) is 0 Å². The van der Waals surface area contributed by atoms with Gasteiger partial charge in [0.05, 0.1) is 0 Å². The second kappa shape index (κ2) is 9.32. The van der Waals surface area contributed by atoms with Crippen molar-refractivity contribution < 1.29 is 5.11 Å². The highest BCUT2D eigenvalue weighted by atomic mass is 32.2. The minimum absolute atomic E-state index is 0.363. The van der Waals surface area contributed by atoms with Gasteiger partial charge < -0.3 is 10.0 Å². The van der Waals surface area contributed by atoms with Crippen molar-refractivity contribution in [1.82, 2.24) is 4.90 Å². The molecule has 0 aliphatic carbocycles. The number of aliphatic hydroxyl groups is 1. The molecular formula is C13H27NOS. The fourth-order valence-electron chi connectivity index (χ4n) is 2.33. The summed E-state index contributed by atoms with van der Waals surface area (Å²) in [6, 6.07) is 0. The molecule has 1 fully saturated rings. The monoisotopic (exact) mass is 245 g/mol. The molecule has 0 saturated carbocycles. The minimum Gasteiger partial charge on any atom is -0.396 e. The lowest BCUT2D eigenvalue weighted by atomic mass is 9.96. The minimum atomic E-state index is 0.363. The highest BCUT2D eigenvalue weighted by molar-refractivity contribution is 7.99. The van der Waals surface area contributed by atoms with Crippen molar-refractivity contribution in [3.8, 4) is 0 Å². The van der Waals surface area contributed by atoms with Crippen molar-refractivity contribution in [3.05, 3.63) is 0 Å². The molecular weight excluding hydrogens is 218 g/mol. The van der Waals surface area contributed by atoms with E-state index in [1.807, 2.05) is 0 Å². The predicted molar refractivity (Wildman–Crippen MR) is 73.1 cm³/mol. The zero-order chi connectivity index (χ0) is 11.6. The van der Waals surface area contributed by atoms with E-state index in [1.54, 1.807) is 0 Å². The lowest BCUT2D eigenvalue weighted by molar-refractivity contribution is 0.242. The lowest BCUT2D eigenvalue weighted by Crippen LogP contribution is -2.33. The molecule has 1 aliphatic rings. The van der Waals surface area contributed by atoms with Crippen molar-refractivity contribution in [1.29, 1.82) is 0 Å². The van der Waals surface area contributed by atoms with Gasteiger partial charge in [-0.1, -0.05) is 26.2 Å². The summed E-state index contributed by atoms with van der Waals surface area (Å²) in [5, 5.41) is 8.92. The quantitative estimate of drug-likeness (QED) is 0.665. The Morgan fingerprint density at radius 3 is 2.56 bits per heavy atom. The van der Waals surface area contributed by atoms with Gasteiger partial charge in [0.1, 0.15) is 0 Å². The molecule has 16 heavy (non-hydrogen) atoms. The van der Waals surface area contributed by atoms with E-state index in [1.165, 1.54) is 56.8 Å². The van der Waals surface area contributed by atoms with Gasteiger partial charge in [0.2, 0.25) is 0 Å². The zero-order valence-electron chi connectivity index (χ0n) is 10.7. The Balaban J connectivity index is 1.97. The van der Waals surface area contributed by atoms with Crippen LogP contribution in [0.25, 0.3) is 0 Å². The smallest absolute Gasteiger partial charge is 0.0433 e. The molecule has 0 aromatic carbocycles. The molecule has 1 N–H and O–H groups in total. The van der Waals surface area contributed by atoms with Crippen LogP contribution in [-0.4, -0.2) is 47.8 Å². The van der Waals surface area contributed by atoms with Crippen molar-refractivity contribution in [2.24, 2.45) is 5.92 Å². The molecule has 96 valence electrons. The summed E-state index contributed by atoms with van der Waals surface area (Å²) in [5.41, 5.74) is 0. The largest absolute Gasteiger partial charge is 0.396 e. The Morgan fingerprint density at radius 2 is 1.94 bits per heavy atom. The van der Waals surface area contributed by atoms with E-state index in [9.17, 15) is 0 Å². The van der Waals surface area contributed by atoms with Crippen molar-refractivity contribution in [3.63, 3.8) is 0 Å². The van der Waals surface area contributed by atoms with E-state index in [0.29, 0.717) is 6.61 Å². The summed E-state index contributed by atoms with van der Waals surface area (Å²) >= 11 is 2.08. The standard InChI is InChI=1S/C13H27NOS/c1-2-13(6-10-15)5-3-4-7-14-8-11-16-12-9-14/h13,15H,2-12H2,1H3/t13-/m1/s1. The molecule has 0 aromatic heterocycles. The summed E-state index contributed by atoms with van der Waals surface area (Å²) in [7, 11) is 0. The molecule has 3 heteroatoms. The maximum absolute atomic E-state index is 8.92. The lowest BCUT2D eigenvalue weighted by Gasteiger charge is -2.26. The first-order valence-electron chi connectivity index (χ1n) is 6.77. The van der Waals surface area contributed by atoms with Gasteiger partial charge in [-0.25, -0.2) is 0 Å². The summed E-state index contributed by atoms with van der Waals surface area (Å²) in [6.07, 6.45) is 6.20. The molecule has 1 heterocycles. The molecule has 1 aliphatic heterocycles. The molecule has 1 rings (SSSR count). The Hall–Kier alpha value is 0.270. The van der Waals surface area contributed by atoms with E-state index in [4.69, 9.17) is 5.11 Å². The van der Waals surface area contributed by atoms with Gasteiger partial charge in [0.15, 0.2) is 0 Å². The van der Waals surface area contributed by atoms with Gasteiger partial charge in [-0.05, 0) is 25.3 Å². The molecule has 0 spiro atoms. The zero-order valence-corrected chi connectivity index (χ0v) is 11.5. The fourth-order valence-corrected chi connectivity index (χ4v) is 3.31. The van der Waals surface area contributed by atoms with E-state index >= 15 is 0 Å². The third kappa shape index (κ3) is 6.12. The van der Waals surface area contributed by atoms with Crippen LogP contribution in [0.3, 0.4) is 0 Å². The van der Waals surface area contributed by atoms with Gasteiger partial charge in [0.25, 0.3) is 0 Å². The second-order valence-corrected chi connectivity index (χ2v) is 5.96. The van der Waals surface area contributed by atoms with Crippen molar-refractivity contribution in [2.45, 2.75) is 39.0 Å². The molecule has 0 aromatic rings. The van der Waals surface area contributed by atoms with Crippen molar-refractivity contribution >= 4 is 11.8 Å². The third-order valence-corrected chi connectivity index (χ3v) is 4.50. The summed E-state index contributed by atoms with van der Waals surface area (Å²) in [4.78, 5) is 2.60. The number of unbranched alkanes of at least 4 members (excludes halogenated alkanes) is 1. The SMILES string of the molecule is CC[C@@H](CCO)CCCCN1CCSCC1. The van der Waals surface area contributed by atoms with E-state index < -0.39 is 0 Å². The molecule has 0 radical (unpaired) electrons. The highest BCUT2D eigenvalue weighted by Crippen LogP contribution is 2.17. The molecule has 0 bridgehead atoms. The third-order valence-electron chi connectivity index (χ3n) is 3.56. The van der Waals surface area contributed by atoms with Crippen LogP contribution >= 0.6 is 11.8 Å². The Morgan fingerprint density at radius 1 is 1.19 bits per heavy atom. The van der Waals surface area contributed by atoms with Crippen LogP contribution in [0, 0.1) is 5.92 Å². The van der Waals surface area contributed by atoms with Crippen LogP contribution in [0.5, 0.6) is 0 Å². The van der Waals surface area contributed by atoms with Crippen LogP contribution in [-0.2, 0) is 0 Å². The molecule has 1 atom stereocenters. The number of hydrogen-bond acceptors (Lipinski definition) is 3. The maximum Gasteiger partial charge on any atom is 0.0433 e. The molecule has 0 amide bonds. The average Bonchev–Trinajstić information content (AvgIpc) is 2.34. The predicted octanol–water partition coefficient (Wildman–Crippen LogP) is 2.61. The number of rotatable bonds is 8. The second-order valence-electron chi connectivity index (χ2n) is 4.74. The number of aliphatic hydroxyl groups excluding tert-OH is 1. The van der Waals surface area contributed by atoms with Gasteiger partial charge in [0, 0.05) is 31.2 Å². The number of nitrogens with zero attached hydrogens (tertiary/aromatic N) is 1. The highest BCUT2D eigenvalue weighted by Gasteiger charge is 2.10. The van der Waals surface area contributed by atoms with E-state index in [2.05, 4.69) is 23.6 Å². The molecule has 1 saturated heterocycles. The summed E-state index contributed by atoms with van der Waals surface area (Å²) in [5.74, 6) is 3.39. The van der Waals surface area contributed by atoms with Crippen molar-refractivity contribution in [2.75, 3.05) is 37.7 Å². The van der Waals surface area contributed by atoms with E-state index in [0.717, 1.165) is 12.3 Å². The van der Waals surface area contributed by atoms with E-state index in [-0.39, 0.29) is 0 Å². The average molecular weight is 245 g/mol. The normalized spacial score (nSPS) is 19.9. The Bertz CT molecular complexity index is 153. The van der Waals surface area contributed by atoms with Gasteiger partial charge >= 0.3 is 0 Å². The number of thioether (sulfide) groups is 1. The fraction of sp³-hybridized carbons (Fsp3) is 1.00. The number of hydrogen-bond donors (Lipinski definition) is 1. The van der Waals surface area contributed by atoms with Crippen LogP contribution in [0.4, 0.5) is 0 Å². The molecule has 2 nitrogen and oxygen atoms in total. The van der Waals surface area contributed by atoms with Gasteiger partial charge in [-0.3, -0.25) is 0 Å². The van der Waals surface area contributed by atoms with Crippen LogP contribution in [0.15, 0.2) is 0 Å². The summed E-state index contributed by atoms with van der Waals surface area (Å²) < 4.78 is 0. The Labute approximate surface area is 105 Å². The first kappa shape index (κ1) is 14.3.